The SMILES string of the molecule is COc1ccc(Cl)cc1NC(=O)[C@H](C)OC(=O)c1cc2c(s1)CCCC2. The van der Waals surface area contributed by atoms with E-state index < -0.39 is 18.0 Å². The van der Waals surface area contributed by atoms with Gasteiger partial charge in [-0.1, -0.05) is 11.6 Å². The van der Waals surface area contributed by atoms with E-state index in [0.717, 1.165) is 25.7 Å². The minimum Gasteiger partial charge on any atom is -0.495 e. The van der Waals surface area contributed by atoms with Crippen LogP contribution in [0.1, 0.15) is 39.9 Å². The highest BCUT2D eigenvalue weighted by Crippen LogP contribution is 2.31. The summed E-state index contributed by atoms with van der Waals surface area (Å²) in [6, 6.07) is 6.80. The van der Waals surface area contributed by atoms with Crippen LogP contribution in [-0.2, 0) is 22.4 Å². The Labute approximate surface area is 161 Å². The summed E-state index contributed by atoms with van der Waals surface area (Å²) in [4.78, 5) is 26.5. The van der Waals surface area contributed by atoms with E-state index in [0.29, 0.717) is 21.3 Å². The van der Waals surface area contributed by atoms with E-state index in [-0.39, 0.29) is 0 Å². The number of amides is 1. The molecular weight excluding hydrogens is 374 g/mol. The molecule has 7 heteroatoms. The van der Waals surface area contributed by atoms with Crippen LogP contribution in [0.5, 0.6) is 5.75 Å². The summed E-state index contributed by atoms with van der Waals surface area (Å²) in [5.74, 6) is -0.433. The molecule has 0 radical (unpaired) electrons. The molecule has 0 fully saturated rings. The standard InChI is InChI=1S/C19H20ClNO4S/c1-11(18(22)21-14-10-13(20)7-8-15(14)24-2)25-19(23)17-9-12-5-3-4-6-16(12)26-17/h7-11H,3-6H2,1-2H3,(H,21,22)/t11-/m0/s1. The van der Waals surface area contributed by atoms with Crippen LogP contribution in [0.2, 0.25) is 5.02 Å². The zero-order chi connectivity index (χ0) is 18.7. The molecule has 3 rings (SSSR count). The predicted molar refractivity (Wildman–Crippen MR) is 102 cm³/mol. The summed E-state index contributed by atoms with van der Waals surface area (Å²) in [5.41, 5.74) is 1.66. The van der Waals surface area contributed by atoms with Crippen molar-refractivity contribution in [2.75, 3.05) is 12.4 Å². The van der Waals surface area contributed by atoms with Crippen LogP contribution < -0.4 is 10.1 Å². The van der Waals surface area contributed by atoms with Gasteiger partial charge >= 0.3 is 5.97 Å². The van der Waals surface area contributed by atoms with Crippen molar-refractivity contribution in [2.45, 2.75) is 38.7 Å². The first-order valence-electron chi connectivity index (χ1n) is 8.45. The Bertz CT molecular complexity index is 809. The topological polar surface area (TPSA) is 64.6 Å². The smallest absolute Gasteiger partial charge is 0.349 e. The molecule has 0 unspecified atom stereocenters. The fraction of sp³-hybridized carbons (Fsp3) is 0.368. The lowest BCUT2D eigenvalue weighted by Crippen LogP contribution is -2.30. The molecule has 1 amide bonds. The van der Waals surface area contributed by atoms with Crippen molar-refractivity contribution in [3.8, 4) is 5.75 Å². The molecule has 0 saturated carbocycles. The number of aryl methyl sites for hydroxylation is 2. The Hall–Kier alpha value is -2.05. The van der Waals surface area contributed by atoms with Crippen molar-refractivity contribution in [2.24, 2.45) is 0 Å². The molecule has 138 valence electrons. The number of halogens is 1. The van der Waals surface area contributed by atoms with Gasteiger partial charge in [-0.15, -0.1) is 11.3 Å². The Morgan fingerprint density at radius 1 is 1.23 bits per heavy atom. The minimum absolute atomic E-state index is 0.430. The van der Waals surface area contributed by atoms with Crippen molar-refractivity contribution in [1.29, 1.82) is 0 Å². The van der Waals surface area contributed by atoms with E-state index in [1.807, 2.05) is 6.07 Å². The molecule has 2 aromatic rings. The third kappa shape index (κ3) is 4.19. The normalized spacial score (nSPS) is 14.3. The maximum Gasteiger partial charge on any atom is 0.349 e. The molecule has 0 aliphatic heterocycles. The van der Waals surface area contributed by atoms with Gasteiger partial charge in [-0.3, -0.25) is 4.79 Å². The molecule has 1 aliphatic carbocycles. The number of ether oxygens (including phenoxy) is 2. The van der Waals surface area contributed by atoms with Gasteiger partial charge in [-0.25, -0.2) is 4.79 Å². The van der Waals surface area contributed by atoms with Crippen LogP contribution in [-0.4, -0.2) is 25.1 Å². The van der Waals surface area contributed by atoms with Gasteiger partial charge in [0.15, 0.2) is 6.10 Å². The van der Waals surface area contributed by atoms with Gasteiger partial charge in [0.05, 0.1) is 12.8 Å². The van der Waals surface area contributed by atoms with E-state index in [1.54, 1.807) is 18.2 Å². The monoisotopic (exact) mass is 393 g/mol. The highest BCUT2D eigenvalue weighted by molar-refractivity contribution is 7.14. The van der Waals surface area contributed by atoms with E-state index in [1.165, 1.54) is 35.8 Å². The number of hydrogen-bond donors (Lipinski definition) is 1. The van der Waals surface area contributed by atoms with Crippen molar-refractivity contribution >= 4 is 40.5 Å². The number of carbonyl (C=O) groups is 2. The largest absolute Gasteiger partial charge is 0.495 e. The second-order valence-corrected chi connectivity index (χ2v) is 7.72. The second kappa shape index (κ2) is 8.10. The van der Waals surface area contributed by atoms with Gasteiger partial charge in [0.1, 0.15) is 10.6 Å². The third-order valence-electron chi connectivity index (χ3n) is 4.27. The number of nitrogens with one attached hydrogen (secondary N) is 1. The number of esters is 1. The van der Waals surface area contributed by atoms with E-state index >= 15 is 0 Å². The quantitative estimate of drug-likeness (QED) is 0.761. The molecule has 0 saturated heterocycles. The number of fused-ring (bicyclic) bond motifs is 1. The van der Waals surface area contributed by atoms with E-state index in [2.05, 4.69) is 5.32 Å². The second-order valence-electron chi connectivity index (χ2n) is 6.15. The van der Waals surface area contributed by atoms with Crippen molar-refractivity contribution in [3.63, 3.8) is 0 Å². The van der Waals surface area contributed by atoms with Gasteiger partial charge in [-0.05, 0) is 62.4 Å². The van der Waals surface area contributed by atoms with Crippen LogP contribution in [0, 0.1) is 0 Å². The maximum absolute atomic E-state index is 12.4. The lowest BCUT2D eigenvalue weighted by Gasteiger charge is -2.15. The van der Waals surface area contributed by atoms with E-state index in [9.17, 15) is 9.59 Å². The summed E-state index contributed by atoms with van der Waals surface area (Å²) < 4.78 is 10.5. The van der Waals surface area contributed by atoms with Crippen LogP contribution in [0.4, 0.5) is 5.69 Å². The molecule has 26 heavy (non-hydrogen) atoms. The predicted octanol–water partition coefficient (Wildman–Crippen LogP) is 4.47. The fourth-order valence-corrected chi connectivity index (χ4v) is 4.18. The molecule has 1 aromatic heterocycles. The highest BCUT2D eigenvalue weighted by atomic mass is 35.5. The zero-order valence-corrected chi connectivity index (χ0v) is 16.2. The Balaban J connectivity index is 1.64. The lowest BCUT2D eigenvalue weighted by molar-refractivity contribution is -0.123. The van der Waals surface area contributed by atoms with E-state index in [4.69, 9.17) is 21.1 Å². The number of hydrogen-bond acceptors (Lipinski definition) is 5. The Kier molecular flexibility index (Phi) is 5.84. The molecule has 1 N–H and O–H groups in total. The average molecular weight is 394 g/mol. The van der Waals surface area contributed by atoms with Gasteiger partial charge in [0.25, 0.3) is 5.91 Å². The van der Waals surface area contributed by atoms with Crippen LogP contribution >= 0.6 is 22.9 Å². The molecule has 1 aromatic carbocycles. The summed E-state index contributed by atoms with van der Waals surface area (Å²) in [6.45, 7) is 1.54. The first-order chi connectivity index (χ1) is 12.5. The molecular formula is C19H20ClNO4S. The first-order valence-corrected chi connectivity index (χ1v) is 9.64. The number of anilines is 1. The van der Waals surface area contributed by atoms with Gasteiger partial charge in [0, 0.05) is 9.90 Å². The summed E-state index contributed by atoms with van der Waals surface area (Å²) in [5, 5.41) is 3.15. The lowest BCUT2D eigenvalue weighted by atomic mass is 9.99. The highest BCUT2D eigenvalue weighted by Gasteiger charge is 2.23. The maximum atomic E-state index is 12.4. The zero-order valence-electron chi connectivity index (χ0n) is 14.6. The minimum atomic E-state index is -0.940. The molecule has 1 aliphatic rings. The molecule has 5 nitrogen and oxygen atoms in total. The first kappa shape index (κ1) is 18.7. The van der Waals surface area contributed by atoms with Gasteiger partial charge < -0.3 is 14.8 Å². The summed E-state index contributed by atoms with van der Waals surface area (Å²) in [7, 11) is 1.50. The Morgan fingerprint density at radius 3 is 2.73 bits per heavy atom. The molecule has 1 atom stereocenters. The Morgan fingerprint density at radius 2 is 2.00 bits per heavy atom. The number of thiophene rings is 1. The molecule has 0 bridgehead atoms. The number of carbonyl (C=O) groups excluding carboxylic acids is 2. The number of rotatable bonds is 5. The fourth-order valence-electron chi connectivity index (χ4n) is 2.88. The van der Waals surface area contributed by atoms with Gasteiger partial charge in [-0.2, -0.15) is 0 Å². The summed E-state index contributed by atoms with van der Waals surface area (Å²) >= 11 is 7.43. The molecule has 1 heterocycles. The number of benzene rings is 1. The van der Waals surface area contributed by atoms with Crippen molar-refractivity contribution in [3.05, 3.63) is 44.6 Å². The van der Waals surface area contributed by atoms with Crippen molar-refractivity contribution in [1.82, 2.24) is 0 Å². The molecule has 0 spiro atoms. The van der Waals surface area contributed by atoms with Crippen LogP contribution in [0.3, 0.4) is 0 Å². The number of methoxy groups -OCH3 is 1. The summed E-state index contributed by atoms with van der Waals surface area (Å²) in [6.07, 6.45) is 3.38. The third-order valence-corrected chi connectivity index (χ3v) is 5.72. The van der Waals surface area contributed by atoms with Crippen LogP contribution in [0.15, 0.2) is 24.3 Å². The van der Waals surface area contributed by atoms with Crippen molar-refractivity contribution < 1.29 is 19.1 Å². The van der Waals surface area contributed by atoms with Crippen LogP contribution in [0.25, 0.3) is 0 Å². The van der Waals surface area contributed by atoms with Gasteiger partial charge in [0.2, 0.25) is 0 Å². The average Bonchev–Trinajstić information content (AvgIpc) is 3.06.